The monoisotopic (exact) mass is 423 g/mol. The summed E-state index contributed by atoms with van der Waals surface area (Å²) in [6.07, 6.45) is 1.94. The maximum Gasteiger partial charge on any atom is 2.00 e. The summed E-state index contributed by atoms with van der Waals surface area (Å²) in [4.78, 5) is 13.4. The standard InChI is InChI=1S/C11H20NO2.HI.H2S.Zn/c1-9-6-5-7-12(8-9)10(13)14-11(2,3)4;;;/h9H,1,5-8H2,2-4H3;1H;1H2;/q-1;;;+2/p-1/t9-;;;/m0.../s1. The van der Waals surface area contributed by atoms with Crippen LogP contribution >= 0.6 is 13.5 Å². The van der Waals surface area contributed by atoms with Crippen LogP contribution in [0.1, 0.15) is 33.6 Å². The molecule has 0 aromatic rings. The van der Waals surface area contributed by atoms with Gasteiger partial charge in [-0.1, -0.05) is 6.42 Å². The van der Waals surface area contributed by atoms with Crippen LogP contribution in [0.4, 0.5) is 4.79 Å². The second-order valence-corrected chi connectivity index (χ2v) is 4.93. The van der Waals surface area contributed by atoms with Gasteiger partial charge in [0.15, 0.2) is 0 Å². The average molecular weight is 425 g/mol. The Morgan fingerprint density at radius 3 is 2.35 bits per heavy atom. The molecule has 1 atom stereocenters. The van der Waals surface area contributed by atoms with Crippen molar-refractivity contribution in [3.8, 4) is 0 Å². The van der Waals surface area contributed by atoms with E-state index in [1.54, 1.807) is 4.90 Å². The number of hydrogen-bond acceptors (Lipinski definition) is 2. The fourth-order valence-electron chi connectivity index (χ4n) is 1.56. The van der Waals surface area contributed by atoms with Crippen molar-refractivity contribution in [3.05, 3.63) is 6.92 Å². The molecule has 0 N–H and O–H groups in total. The van der Waals surface area contributed by atoms with Gasteiger partial charge in [0.1, 0.15) is 5.60 Å². The van der Waals surface area contributed by atoms with Gasteiger partial charge < -0.3 is 40.5 Å². The van der Waals surface area contributed by atoms with E-state index in [1.807, 2.05) is 20.8 Å². The van der Waals surface area contributed by atoms with Crippen molar-refractivity contribution in [1.82, 2.24) is 4.90 Å². The Labute approximate surface area is 142 Å². The minimum Gasteiger partial charge on any atom is -1.00 e. The third-order valence-corrected chi connectivity index (χ3v) is 2.17. The predicted octanol–water partition coefficient (Wildman–Crippen LogP) is -0.418. The predicted molar refractivity (Wildman–Crippen MR) is 66.3 cm³/mol. The van der Waals surface area contributed by atoms with E-state index >= 15 is 0 Å². The first kappa shape index (κ1) is 23.1. The molecule has 1 heterocycles. The zero-order valence-electron chi connectivity index (χ0n) is 11.0. The molecule has 1 saturated heterocycles. The quantitative estimate of drug-likeness (QED) is 0.300. The fourth-order valence-corrected chi connectivity index (χ4v) is 1.56. The number of carbonyl (C=O) groups excluding carboxylic acids is 1. The summed E-state index contributed by atoms with van der Waals surface area (Å²) in [5.74, 6) is 0.358. The molecular weight excluding hydrogens is 402 g/mol. The van der Waals surface area contributed by atoms with Crippen LogP contribution in [0.5, 0.6) is 0 Å². The molecule has 0 aromatic heterocycles. The fraction of sp³-hybridized carbons (Fsp3) is 0.818. The number of ether oxygens (including phenoxy) is 1. The topological polar surface area (TPSA) is 29.5 Å². The summed E-state index contributed by atoms with van der Waals surface area (Å²) in [6.45, 7) is 11.2. The molecule has 17 heavy (non-hydrogen) atoms. The van der Waals surface area contributed by atoms with Crippen molar-refractivity contribution in [2.24, 2.45) is 5.92 Å². The Kier molecular flexibility index (Phi) is 13.4. The van der Waals surface area contributed by atoms with Gasteiger partial charge in [-0.15, -0.1) is 0 Å². The van der Waals surface area contributed by atoms with Crippen molar-refractivity contribution in [2.45, 2.75) is 39.2 Å². The summed E-state index contributed by atoms with van der Waals surface area (Å²) in [5.41, 5.74) is -0.398. The first-order valence-electron chi connectivity index (χ1n) is 5.19. The van der Waals surface area contributed by atoms with Crippen LogP contribution in [-0.4, -0.2) is 29.7 Å². The molecule has 1 amide bonds. The maximum atomic E-state index is 11.6. The van der Waals surface area contributed by atoms with Crippen LogP contribution in [-0.2, 0) is 24.2 Å². The molecule has 0 spiro atoms. The third kappa shape index (κ3) is 9.54. The van der Waals surface area contributed by atoms with Gasteiger partial charge in [-0.3, -0.25) is 0 Å². The number of piperidine rings is 1. The van der Waals surface area contributed by atoms with Crippen LogP contribution < -0.4 is 24.0 Å². The van der Waals surface area contributed by atoms with Crippen LogP contribution in [0.15, 0.2) is 0 Å². The summed E-state index contributed by atoms with van der Waals surface area (Å²) in [6, 6.07) is 0. The molecule has 6 heteroatoms. The molecule has 0 radical (unpaired) electrons. The van der Waals surface area contributed by atoms with Crippen molar-refractivity contribution >= 4 is 19.6 Å². The molecule has 1 fully saturated rings. The summed E-state index contributed by atoms with van der Waals surface area (Å²) < 4.78 is 5.28. The van der Waals surface area contributed by atoms with Crippen LogP contribution in [0, 0.1) is 12.8 Å². The Bertz CT molecular complexity index is 224. The SMILES string of the molecule is S.[CH2-][C@H]1CCCN(C(=O)OC(C)(C)C)C1.[I-].[Zn+2]. The van der Waals surface area contributed by atoms with Gasteiger partial charge in [0, 0.05) is 6.54 Å². The van der Waals surface area contributed by atoms with Crippen molar-refractivity contribution < 1.29 is 53.0 Å². The largest absolute Gasteiger partial charge is 2.00 e. The van der Waals surface area contributed by atoms with E-state index < -0.39 is 5.60 Å². The molecule has 98 valence electrons. The van der Waals surface area contributed by atoms with E-state index in [9.17, 15) is 4.79 Å². The van der Waals surface area contributed by atoms with Crippen LogP contribution in [0.3, 0.4) is 0 Å². The van der Waals surface area contributed by atoms with Gasteiger partial charge in [-0.25, -0.2) is 4.79 Å². The number of hydrogen-bond donors (Lipinski definition) is 0. The summed E-state index contributed by atoms with van der Waals surface area (Å²) >= 11 is 0. The van der Waals surface area contributed by atoms with Crippen LogP contribution in [0.25, 0.3) is 0 Å². The molecule has 0 unspecified atom stereocenters. The van der Waals surface area contributed by atoms with E-state index in [1.165, 1.54) is 0 Å². The number of rotatable bonds is 0. The molecule has 3 nitrogen and oxygen atoms in total. The van der Waals surface area contributed by atoms with E-state index in [0.717, 1.165) is 25.9 Å². The Morgan fingerprint density at radius 1 is 1.41 bits per heavy atom. The van der Waals surface area contributed by atoms with Gasteiger partial charge in [0.25, 0.3) is 0 Å². The first-order valence-corrected chi connectivity index (χ1v) is 5.19. The maximum absolute atomic E-state index is 11.6. The van der Waals surface area contributed by atoms with E-state index in [0.29, 0.717) is 5.92 Å². The zero-order valence-corrected chi connectivity index (χ0v) is 17.1. The minimum absolute atomic E-state index is 0. The summed E-state index contributed by atoms with van der Waals surface area (Å²) in [7, 11) is 0. The van der Waals surface area contributed by atoms with Gasteiger partial charge in [0.2, 0.25) is 0 Å². The van der Waals surface area contributed by atoms with E-state index in [4.69, 9.17) is 4.74 Å². The molecule has 1 aliphatic heterocycles. The Balaban J connectivity index is -0.000000653. The van der Waals surface area contributed by atoms with Crippen LogP contribution in [0.2, 0.25) is 0 Å². The molecule has 1 aliphatic rings. The number of halogens is 1. The van der Waals surface area contributed by atoms with Crippen molar-refractivity contribution in [3.63, 3.8) is 0 Å². The molecule has 0 aromatic carbocycles. The van der Waals surface area contributed by atoms with Crippen molar-refractivity contribution in [2.75, 3.05) is 13.1 Å². The third-order valence-electron chi connectivity index (χ3n) is 2.17. The molecule has 0 bridgehead atoms. The smallest absolute Gasteiger partial charge is 1.00 e. The second-order valence-electron chi connectivity index (χ2n) is 4.93. The normalized spacial score (nSPS) is 19.3. The average Bonchev–Trinajstić information content (AvgIpc) is 2.01. The molecular formula is C11H22INO2SZn. The van der Waals surface area contributed by atoms with Gasteiger partial charge >= 0.3 is 25.6 Å². The Hall–Kier alpha value is 0.973. The van der Waals surface area contributed by atoms with Gasteiger partial charge in [-0.05, 0) is 33.7 Å². The van der Waals surface area contributed by atoms with Crippen molar-refractivity contribution in [1.29, 1.82) is 0 Å². The number of carbonyl (C=O) groups is 1. The Morgan fingerprint density at radius 2 is 1.94 bits per heavy atom. The molecule has 1 rings (SSSR count). The second kappa shape index (κ2) is 9.85. The zero-order chi connectivity index (χ0) is 10.8. The number of nitrogens with zero attached hydrogens (tertiary/aromatic N) is 1. The summed E-state index contributed by atoms with van der Waals surface area (Å²) in [5, 5.41) is 0. The molecule has 0 saturated carbocycles. The minimum atomic E-state index is -0.398. The molecule has 0 aliphatic carbocycles. The van der Waals surface area contributed by atoms with E-state index in [2.05, 4.69) is 6.92 Å². The van der Waals surface area contributed by atoms with Gasteiger partial charge in [-0.2, -0.15) is 19.4 Å². The number of amides is 1. The van der Waals surface area contributed by atoms with E-state index in [-0.39, 0.29) is 63.0 Å². The number of likely N-dealkylation sites (tertiary alicyclic amines) is 1. The van der Waals surface area contributed by atoms with Gasteiger partial charge in [0.05, 0.1) is 0 Å². The first-order chi connectivity index (χ1) is 6.38.